The topological polar surface area (TPSA) is 79.4 Å². The number of nitrogens with zero attached hydrogens (tertiary/aromatic N) is 2. The van der Waals surface area contributed by atoms with Crippen LogP contribution in [-0.4, -0.2) is 36.8 Å². The van der Waals surface area contributed by atoms with Crippen molar-refractivity contribution < 1.29 is 17.6 Å². The molecule has 0 spiro atoms. The fraction of sp³-hybridized carbons (Fsp3) is 0.364. The molecule has 0 aliphatic carbocycles. The molecule has 0 saturated carbocycles. The summed E-state index contributed by atoms with van der Waals surface area (Å²) >= 11 is 1.53. The first-order chi connectivity index (χ1) is 14.8. The zero-order valence-corrected chi connectivity index (χ0v) is 19.0. The molecule has 9 heteroatoms. The number of sulfonamides is 1. The molecular weight excluding hydrogens is 437 g/mol. The minimum atomic E-state index is -3.84. The second-order valence-corrected chi connectivity index (χ2v) is 10.7. The van der Waals surface area contributed by atoms with Crippen molar-refractivity contribution in [2.24, 2.45) is 0 Å². The Morgan fingerprint density at radius 1 is 1.23 bits per heavy atom. The van der Waals surface area contributed by atoms with Crippen LogP contribution in [0, 0.1) is 5.82 Å². The molecular formula is C22H24FN3O3S2. The quantitative estimate of drug-likeness (QED) is 0.607. The average molecular weight is 462 g/mol. The number of carbonyl (C=O) groups excluding carboxylic acids is 1. The molecule has 1 atom stereocenters. The standard InChI is InChI=1S/C22H24FN3O3S2/c1-14(2)25-31(28,29)15-10-11-17(23)16(13-15)22(27)26-12-6-5-8-19(26)21-24-18-7-3-4-9-20(18)30-21/h3-4,7,9-11,13-14,19,25H,5-6,8,12H2,1-2H3. The Balaban J connectivity index is 1.69. The minimum Gasteiger partial charge on any atom is -0.329 e. The molecule has 6 nitrogen and oxygen atoms in total. The van der Waals surface area contributed by atoms with Crippen LogP contribution in [0.15, 0.2) is 47.4 Å². The number of hydrogen-bond acceptors (Lipinski definition) is 5. The van der Waals surface area contributed by atoms with Crippen molar-refractivity contribution >= 4 is 37.5 Å². The summed E-state index contributed by atoms with van der Waals surface area (Å²) in [5.41, 5.74) is 0.638. The van der Waals surface area contributed by atoms with E-state index in [-0.39, 0.29) is 22.5 Å². The second-order valence-electron chi connectivity index (χ2n) is 7.95. The molecule has 1 aliphatic rings. The molecule has 2 aromatic carbocycles. The van der Waals surface area contributed by atoms with E-state index in [1.807, 2.05) is 24.3 Å². The maximum Gasteiger partial charge on any atom is 0.257 e. The Morgan fingerprint density at radius 3 is 2.74 bits per heavy atom. The number of para-hydroxylation sites is 1. The number of thiazole rings is 1. The minimum absolute atomic E-state index is 0.125. The fourth-order valence-electron chi connectivity index (χ4n) is 3.83. The van der Waals surface area contributed by atoms with Gasteiger partial charge in [0.1, 0.15) is 10.8 Å². The van der Waals surface area contributed by atoms with Crippen molar-refractivity contribution in [3.05, 3.63) is 58.9 Å². The second kappa shape index (κ2) is 8.64. The lowest BCUT2D eigenvalue weighted by molar-refractivity contribution is 0.0606. The molecule has 0 bridgehead atoms. The van der Waals surface area contributed by atoms with Gasteiger partial charge in [0, 0.05) is 12.6 Å². The van der Waals surface area contributed by atoms with Crippen LogP contribution in [0.1, 0.15) is 54.5 Å². The van der Waals surface area contributed by atoms with E-state index in [2.05, 4.69) is 4.72 Å². The number of nitrogens with one attached hydrogen (secondary N) is 1. The van der Waals surface area contributed by atoms with Gasteiger partial charge in [-0.05, 0) is 63.4 Å². The largest absolute Gasteiger partial charge is 0.329 e. The number of piperidine rings is 1. The maximum absolute atomic E-state index is 14.6. The van der Waals surface area contributed by atoms with E-state index in [0.717, 1.165) is 46.6 Å². The Bertz CT molecular complexity index is 1190. The van der Waals surface area contributed by atoms with Crippen LogP contribution in [0.4, 0.5) is 4.39 Å². The van der Waals surface area contributed by atoms with Gasteiger partial charge in [-0.3, -0.25) is 4.79 Å². The molecule has 3 aromatic rings. The van der Waals surface area contributed by atoms with Gasteiger partial charge in [0.15, 0.2) is 0 Å². The highest BCUT2D eigenvalue weighted by molar-refractivity contribution is 7.89. The monoisotopic (exact) mass is 461 g/mol. The third-order valence-electron chi connectivity index (χ3n) is 5.23. The van der Waals surface area contributed by atoms with Gasteiger partial charge < -0.3 is 4.90 Å². The molecule has 1 aromatic heterocycles. The zero-order valence-electron chi connectivity index (χ0n) is 17.3. The van der Waals surface area contributed by atoms with Crippen LogP contribution >= 0.6 is 11.3 Å². The lowest BCUT2D eigenvalue weighted by Gasteiger charge is -2.34. The van der Waals surface area contributed by atoms with Crippen molar-refractivity contribution in [1.82, 2.24) is 14.6 Å². The van der Waals surface area contributed by atoms with E-state index >= 15 is 0 Å². The normalized spacial score (nSPS) is 17.4. The number of rotatable bonds is 5. The highest BCUT2D eigenvalue weighted by Crippen LogP contribution is 2.36. The summed E-state index contributed by atoms with van der Waals surface area (Å²) in [5, 5.41) is 0.819. The van der Waals surface area contributed by atoms with Gasteiger partial charge in [0.2, 0.25) is 10.0 Å². The highest BCUT2D eigenvalue weighted by Gasteiger charge is 2.33. The number of amides is 1. The van der Waals surface area contributed by atoms with Crippen LogP contribution in [0.5, 0.6) is 0 Å². The molecule has 4 rings (SSSR count). The van der Waals surface area contributed by atoms with Crippen LogP contribution in [-0.2, 0) is 10.0 Å². The first-order valence-corrected chi connectivity index (χ1v) is 12.5. The van der Waals surface area contributed by atoms with Crippen molar-refractivity contribution in [2.45, 2.75) is 50.1 Å². The molecule has 31 heavy (non-hydrogen) atoms. The summed E-state index contributed by atoms with van der Waals surface area (Å²) in [7, 11) is -3.84. The van der Waals surface area contributed by atoms with Crippen LogP contribution in [0.25, 0.3) is 10.2 Å². The zero-order chi connectivity index (χ0) is 22.2. The summed E-state index contributed by atoms with van der Waals surface area (Å²) < 4.78 is 43.2. The SMILES string of the molecule is CC(C)NS(=O)(=O)c1ccc(F)c(C(=O)N2CCCCC2c2nc3ccccc3s2)c1. The third-order valence-corrected chi connectivity index (χ3v) is 8.02. The average Bonchev–Trinajstić information content (AvgIpc) is 3.16. The summed E-state index contributed by atoms with van der Waals surface area (Å²) in [6, 6.07) is 10.6. The number of halogens is 1. The van der Waals surface area contributed by atoms with Gasteiger partial charge in [-0.25, -0.2) is 22.5 Å². The van der Waals surface area contributed by atoms with E-state index in [1.54, 1.807) is 18.7 Å². The summed E-state index contributed by atoms with van der Waals surface area (Å²) in [5.74, 6) is -1.25. The third kappa shape index (κ3) is 4.49. The van der Waals surface area contributed by atoms with E-state index in [0.29, 0.717) is 6.54 Å². The van der Waals surface area contributed by atoms with Gasteiger partial charge >= 0.3 is 0 Å². The van der Waals surface area contributed by atoms with Gasteiger partial charge in [-0.15, -0.1) is 11.3 Å². The van der Waals surface area contributed by atoms with Crippen molar-refractivity contribution in [2.75, 3.05) is 6.54 Å². The molecule has 0 radical (unpaired) electrons. The van der Waals surface area contributed by atoms with Gasteiger partial charge in [-0.2, -0.15) is 0 Å². The van der Waals surface area contributed by atoms with E-state index in [4.69, 9.17) is 4.98 Å². The molecule has 1 aliphatic heterocycles. The molecule has 1 unspecified atom stereocenters. The molecule has 1 N–H and O–H groups in total. The summed E-state index contributed by atoms with van der Waals surface area (Å²) in [6.45, 7) is 3.87. The molecule has 164 valence electrons. The number of aromatic nitrogens is 1. The Kier molecular flexibility index (Phi) is 6.09. The summed E-state index contributed by atoms with van der Waals surface area (Å²) in [6.07, 6.45) is 2.49. The van der Waals surface area contributed by atoms with Gasteiger partial charge in [-0.1, -0.05) is 12.1 Å². The lowest BCUT2D eigenvalue weighted by atomic mass is 10.0. The first kappa shape index (κ1) is 21.9. The van der Waals surface area contributed by atoms with E-state index in [9.17, 15) is 17.6 Å². The number of benzene rings is 2. The smallest absolute Gasteiger partial charge is 0.257 e. The molecule has 2 heterocycles. The maximum atomic E-state index is 14.6. The van der Waals surface area contributed by atoms with Crippen LogP contribution < -0.4 is 4.72 Å². The summed E-state index contributed by atoms with van der Waals surface area (Å²) in [4.78, 5) is 19.6. The van der Waals surface area contributed by atoms with E-state index in [1.165, 1.54) is 17.4 Å². The number of fused-ring (bicyclic) bond motifs is 1. The number of likely N-dealkylation sites (tertiary alicyclic amines) is 1. The lowest BCUT2D eigenvalue weighted by Crippen LogP contribution is -2.39. The first-order valence-electron chi connectivity index (χ1n) is 10.2. The molecule has 1 fully saturated rings. The van der Waals surface area contributed by atoms with Crippen LogP contribution in [0.2, 0.25) is 0 Å². The van der Waals surface area contributed by atoms with Crippen LogP contribution in [0.3, 0.4) is 0 Å². The number of carbonyl (C=O) groups is 1. The predicted molar refractivity (Wildman–Crippen MR) is 119 cm³/mol. The van der Waals surface area contributed by atoms with Gasteiger partial charge in [0.25, 0.3) is 5.91 Å². The molecule has 1 amide bonds. The van der Waals surface area contributed by atoms with Gasteiger partial charge in [0.05, 0.1) is 26.7 Å². The Morgan fingerprint density at radius 2 is 2.00 bits per heavy atom. The predicted octanol–water partition coefficient (Wildman–Crippen LogP) is 4.49. The number of hydrogen-bond donors (Lipinski definition) is 1. The highest BCUT2D eigenvalue weighted by atomic mass is 32.2. The fourth-order valence-corrected chi connectivity index (χ4v) is 6.22. The Labute approximate surface area is 185 Å². The van der Waals surface area contributed by atoms with Crippen molar-refractivity contribution in [3.8, 4) is 0 Å². The van der Waals surface area contributed by atoms with E-state index < -0.39 is 21.7 Å². The molecule has 1 saturated heterocycles. The Hall–Kier alpha value is -2.36. The van der Waals surface area contributed by atoms with Crippen molar-refractivity contribution in [3.63, 3.8) is 0 Å². The van der Waals surface area contributed by atoms with Crippen molar-refractivity contribution in [1.29, 1.82) is 0 Å².